The highest BCUT2D eigenvalue weighted by Crippen LogP contribution is 2.19. The molecule has 1 aromatic rings. The van der Waals surface area contributed by atoms with E-state index in [-0.39, 0.29) is 25.0 Å². The van der Waals surface area contributed by atoms with Crippen molar-refractivity contribution in [3.8, 4) is 0 Å². The fourth-order valence-corrected chi connectivity index (χ4v) is 1.63. The van der Waals surface area contributed by atoms with E-state index in [9.17, 15) is 13.6 Å². The van der Waals surface area contributed by atoms with Crippen molar-refractivity contribution in [1.29, 1.82) is 0 Å². The third kappa shape index (κ3) is 5.65. The Balaban J connectivity index is 2.34. The summed E-state index contributed by atoms with van der Waals surface area (Å²) in [5, 5.41) is 2.74. The molecule has 1 amide bonds. The molecule has 0 bridgehead atoms. The summed E-state index contributed by atoms with van der Waals surface area (Å²) in [6.45, 7) is 1.14. The van der Waals surface area contributed by atoms with Crippen molar-refractivity contribution < 1.29 is 18.3 Å². The molecule has 0 radical (unpaired) electrons. The predicted octanol–water partition coefficient (Wildman–Crippen LogP) is 2.12. The van der Waals surface area contributed by atoms with Gasteiger partial charge in [0.1, 0.15) is 6.61 Å². The van der Waals surface area contributed by atoms with E-state index in [1.165, 1.54) is 0 Å². The first-order valence-electron chi connectivity index (χ1n) is 6.00. The first-order valence-corrected chi connectivity index (χ1v) is 6.00. The van der Waals surface area contributed by atoms with Gasteiger partial charge in [-0.2, -0.15) is 0 Å². The van der Waals surface area contributed by atoms with Crippen LogP contribution in [0.1, 0.15) is 24.9 Å². The molecule has 1 aromatic carbocycles. The summed E-state index contributed by atoms with van der Waals surface area (Å²) in [4.78, 5) is 11.6. The van der Waals surface area contributed by atoms with E-state index in [1.54, 1.807) is 6.07 Å². The Bertz CT molecular complexity index is 413. The maximum absolute atomic E-state index is 11.8. The number of nitrogens with two attached hydrogens (primary N) is 1. The van der Waals surface area contributed by atoms with Crippen molar-refractivity contribution in [2.24, 2.45) is 0 Å². The van der Waals surface area contributed by atoms with Gasteiger partial charge in [0.05, 0.1) is 12.6 Å². The Hall–Kier alpha value is -1.69. The van der Waals surface area contributed by atoms with Gasteiger partial charge in [-0.1, -0.05) is 18.2 Å². The van der Waals surface area contributed by atoms with Crippen LogP contribution in [-0.2, 0) is 9.53 Å². The van der Waals surface area contributed by atoms with Gasteiger partial charge in [-0.05, 0) is 18.6 Å². The Kier molecular flexibility index (Phi) is 6.21. The number of para-hydroxylation sites is 1. The summed E-state index contributed by atoms with van der Waals surface area (Å²) in [5.74, 6) is -0.259. The number of alkyl halides is 2. The molecule has 6 heteroatoms. The number of ether oxygens (including phenoxy) is 1. The van der Waals surface area contributed by atoms with Crippen molar-refractivity contribution in [3.05, 3.63) is 29.8 Å². The molecular weight excluding hydrogens is 254 g/mol. The second-order valence-electron chi connectivity index (χ2n) is 4.13. The zero-order chi connectivity index (χ0) is 14.3. The zero-order valence-electron chi connectivity index (χ0n) is 10.7. The smallest absolute Gasteiger partial charge is 0.261 e. The van der Waals surface area contributed by atoms with Gasteiger partial charge in [0.25, 0.3) is 6.43 Å². The van der Waals surface area contributed by atoms with E-state index < -0.39 is 13.0 Å². The molecule has 0 aliphatic rings. The first-order chi connectivity index (χ1) is 9.00. The van der Waals surface area contributed by atoms with Crippen LogP contribution in [0.15, 0.2) is 24.3 Å². The van der Waals surface area contributed by atoms with Crippen molar-refractivity contribution in [2.75, 3.05) is 18.9 Å². The standard InChI is InChI=1S/C13H18F2N2O2/c1-9(10-4-2-3-5-11(10)16)17-13(18)6-7-19-8-12(14)15/h2-5,9,12H,6-8,16H2,1H3,(H,17,18). The largest absolute Gasteiger partial charge is 0.398 e. The molecule has 1 unspecified atom stereocenters. The molecule has 0 heterocycles. The monoisotopic (exact) mass is 272 g/mol. The van der Waals surface area contributed by atoms with Crippen LogP contribution in [-0.4, -0.2) is 25.5 Å². The van der Waals surface area contributed by atoms with Gasteiger partial charge in [-0.3, -0.25) is 4.79 Å². The third-order valence-corrected chi connectivity index (χ3v) is 2.56. The first kappa shape index (κ1) is 15.4. The zero-order valence-corrected chi connectivity index (χ0v) is 10.7. The van der Waals surface area contributed by atoms with Gasteiger partial charge < -0.3 is 15.8 Å². The van der Waals surface area contributed by atoms with Crippen LogP contribution in [0, 0.1) is 0 Å². The average molecular weight is 272 g/mol. The molecule has 1 atom stereocenters. The minimum absolute atomic E-state index is 0.0207. The molecular formula is C13H18F2N2O2. The molecule has 19 heavy (non-hydrogen) atoms. The topological polar surface area (TPSA) is 64.3 Å². The Morgan fingerprint density at radius 1 is 1.42 bits per heavy atom. The summed E-state index contributed by atoms with van der Waals surface area (Å²) < 4.78 is 28.2. The van der Waals surface area contributed by atoms with E-state index in [0.29, 0.717) is 5.69 Å². The normalized spacial score (nSPS) is 12.4. The summed E-state index contributed by atoms with van der Waals surface area (Å²) in [5.41, 5.74) is 7.22. The molecule has 0 aromatic heterocycles. The Morgan fingerprint density at radius 3 is 2.74 bits per heavy atom. The lowest BCUT2D eigenvalue weighted by atomic mass is 10.1. The van der Waals surface area contributed by atoms with Crippen molar-refractivity contribution in [2.45, 2.75) is 25.8 Å². The number of rotatable bonds is 7. The quantitative estimate of drug-likeness (QED) is 0.590. The number of carbonyl (C=O) groups excluding carboxylic acids is 1. The lowest BCUT2D eigenvalue weighted by molar-refractivity contribution is -0.123. The Labute approximate surface area is 110 Å². The molecule has 0 saturated carbocycles. The molecule has 3 N–H and O–H groups in total. The van der Waals surface area contributed by atoms with Crippen LogP contribution in [0.2, 0.25) is 0 Å². The lowest BCUT2D eigenvalue weighted by Crippen LogP contribution is -2.28. The van der Waals surface area contributed by atoms with Gasteiger partial charge in [0.2, 0.25) is 5.91 Å². The number of halogens is 2. The van der Waals surface area contributed by atoms with Gasteiger partial charge in [0, 0.05) is 12.1 Å². The van der Waals surface area contributed by atoms with Gasteiger partial charge >= 0.3 is 0 Å². The van der Waals surface area contributed by atoms with Crippen LogP contribution < -0.4 is 11.1 Å². The van der Waals surface area contributed by atoms with Crippen LogP contribution in [0.4, 0.5) is 14.5 Å². The van der Waals surface area contributed by atoms with E-state index in [2.05, 4.69) is 10.1 Å². The van der Waals surface area contributed by atoms with Crippen LogP contribution in [0.5, 0.6) is 0 Å². The molecule has 0 saturated heterocycles. The molecule has 0 spiro atoms. The maximum Gasteiger partial charge on any atom is 0.261 e. The molecule has 1 rings (SSSR count). The van der Waals surface area contributed by atoms with Crippen LogP contribution in [0.3, 0.4) is 0 Å². The molecule has 0 fully saturated rings. The summed E-state index contributed by atoms with van der Waals surface area (Å²) >= 11 is 0. The highest BCUT2D eigenvalue weighted by atomic mass is 19.3. The summed E-state index contributed by atoms with van der Waals surface area (Å²) in [6.07, 6.45) is -2.46. The fraction of sp³-hybridized carbons (Fsp3) is 0.462. The molecule has 0 aliphatic carbocycles. The lowest BCUT2D eigenvalue weighted by Gasteiger charge is -2.16. The van der Waals surface area contributed by atoms with Crippen molar-refractivity contribution in [1.82, 2.24) is 5.32 Å². The highest BCUT2D eigenvalue weighted by Gasteiger charge is 2.11. The highest BCUT2D eigenvalue weighted by molar-refractivity contribution is 5.76. The van der Waals surface area contributed by atoms with Crippen LogP contribution >= 0.6 is 0 Å². The van der Waals surface area contributed by atoms with Crippen molar-refractivity contribution in [3.63, 3.8) is 0 Å². The van der Waals surface area contributed by atoms with Gasteiger partial charge in [0.15, 0.2) is 0 Å². The van der Waals surface area contributed by atoms with E-state index in [1.807, 2.05) is 25.1 Å². The summed E-state index contributed by atoms with van der Waals surface area (Å²) in [6, 6.07) is 6.99. The number of nitrogens with one attached hydrogen (secondary N) is 1. The Morgan fingerprint density at radius 2 is 2.11 bits per heavy atom. The molecule has 4 nitrogen and oxygen atoms in total. The predicted molar refractivity (Wildman–Crippen MR) is 68.9 cm³/mol. The van der Waals surface area contributed by atoms with Gasteiger partial charge in [-0.25, -0.2) is 8.78 Å². The van der Waals surface area contributed by atoms with E-state index >= 15 is 0 Å². The van der Waals surface area contributed by atoms with E-state index in [4.69, 9.17) is 5.73 Å². The minimum atomic E-state index is -2.51. The maximum atomic E-state index is 11.8. The SMILES string of the molecule is CC(NC(=O)CCOCC(F)F)c1ccccc1N. The minimum Gasteiger partial charge on any atom is -0.398 e. The number of carbonyl (C=O) groups is 1. The molecule has 106 valence electrons. The summed E-state index contributed by atoms with van der Waals surface area (Å²) in [7, 11) is 0. The van der Waals surface area contributed by atoms with Crippen LogP contribution in [0.25, 0.3) is 0 Å². The number of hydrogen-bond donors (Lipinski definition) is 2. The number of nitrogen functional groups attached to an aromatic ring is 1. The number of benzene rings is 1. The second-order valence-corrected chi connectivity index (χ2v) is 4.13. The second kappa shape index (κ2) is 7.68. The fourth-order valence-electron chi connectivity index (χ4n) is 1.63. The van der Waals surface area contributed by atoms with Crippen molar-refractivity contribution >= 4 is 11.6 Å². The molecule has 0 aliphatic heterocycles. The number of anilines is 1. The third-order valence-electron chi connectivity index (χ3n) is 2.56. The average Bonchev–Trinajstić information content (AvgIpc) is 2.35. The van der Waals surface area contributed by atoms with Gasteiger partial charge in [-0.15, -0.1) is 0 Å². The number of amides is 1. The number of hydrogen-bond acceptors (Lipinski definition) is 3. The van der Waals surface area contributed by atoms with E-state index in [0.717, 1.165) is 5.56 Å².